The number of rotatable bonds is 5. The van der Waals surface area contributed by atoms with E-state index in [0.29, 0.717) is 0 Å². The predicted molar refractivity (Wildman–Crippen MR) is 69.8 cm³/mol. The van der Waals surface area contributed by atoms with Gasteiger partial charge in [0.1, 0.15) is 11.3 Å². The maximum atomic E-state index is 12.1. The predicted octanol–water partition coefficient (Wildman–Crippen LogP) is 0.837. The molecule has 0 fully saturated rings. The summed E-state index contributed by atoms with van der Waals surface area (Å²) < 4.78 is 26.4. The Morgan fingerprint density at radius 1 is 1.50 bits per heavy atom. The quantitative estimate of drug-likeness (QED) is 0.739. The molecule has 0 bridgehead atoms. The number of nitrogens with one attached hydrogen (secondary N) is 1. The topological polar surface area (TPSA) is 127 Å². The van der Waals surface area contributed by atoms with E-state index in [2.05, 4.69) is 4.72 Å². The number of nitrogens with zero attached hydrogens (tertiary/aromatic N) is 1. The summed E-state index contributed by atoms with van der Waals surface area (Å²) in [6, 6.07) is 3.85. The van der Waals surface area contributed by atoms with E-state index in [9.17, 15) is 18.3 Å². The molecule has 20 heavy (non-hydrogen) atoms. The molecule has 0 aliphatic carbocycles. The number of benzene rings is 1. The third-order valence-electron chi connectivity index (χ3n) is 2.61. The molecule has 0 saturated heterocycles. The van der Waals surface area contributed by atoms with E-state index in [1.54, 1.807) is 6.92 Å². The second-order valence-corrected chi connectivity index (χ2v) is 6.06. The van der Waals surface area contributed by atoms with Crippen LogP contribution in [0.5, 0.6) is 5.75 Å². The molecule has 0 spiro atoms. The fourth-order valence-corrected chi connectivity index (χ4v) is 2.87. The van der Waals surface area contributed by atoms with Gasteiger partial charge in [0.25, 0.3) is 0 Å². The van der Waals surface area contributed by atoms with Gasteiger partial charge < -0.3 is 10.2 Å². The highest BCUT2D eigenvalue weighted by atomic mass is 32.2. The van der Waals surface area contributed by atoms with Crippen molar-refractivity contribution in [1.29, 1.82) is 5.26 Å². The van der Waals surface area contributed by atoms with E-state index in [-0.39, 0.29) is 17.0 Å². The Balaban J connectivity index is 3.22. The maximum Gasteiger partial charge on any atom is 0.339 e. The average molecular weight is 298 g/mol. The Morgan fingerprint density at radius 3 is 2.60 bits per heavy atom. The Morgan fingerprint density at radius 2 is 2.10 bits per heavy atom. The molecule has 108 valence electrons. The second kappa shape index (κ2) is 5.90. The van der Waals surface area contributed by atoms with Gasteiger partial charge in [-0.3, -0.25) is 0 Å². The Bertz CT molecular complexity index is 676. The summed E-state index contributed by atoms with van der Waals surface area (Å²) in [6.45, 7) is 2.91. The van der Waals surface area contributed by atoms with Gasteiger partial charge in [-0.1, -0.05) is 0 Å². The summed E-state index contributed by atoms with van der Waals surface area (Å²) in [5.74, 6) is -2.44. The lowest BCUT2D eigenvalue weighted by Crippen LogP contribution is -2.28. The van der Waals surface area contributed by atoms with E-state index in [4.69, 9.17) is 10.4 Å². The van der Waals surface area contributed by atoms with E-state index in [1.165, 1.54) is 6.92 Å². The van der Waals surface area contributed by atoms with Crippen LogP contribution in [0.2, 0.25) is 0 Å². The zero-order chi connectivity index (χ0) is 15.5. The van der Waals surface area contributed by atoms with Gasteiger partial charge in [0, 0.05) is 6.54 Å². The van der Waals surface area contributed by atoms with E-state index in [1.807, 2.05) is 6.07 Å². The van der Waals surface area contributed by atoms with Crippen molar-refractivity contribution < 1.29 is 23.4 Å². The molecule has 1 aromatic carbocycles. The monoisotopic (exact) mass is 298 g/mol. The SMILES string of the molecule is Cc1cc(O)c(C(=O)O)cc1S(=O)(=O)NCC(C)C#N. The normalized spacial score (nSPS) is 12.7. The van der Waals surface area contributed by atoms with Crippen molar-refractivity contribution in [2.75, 3.05) is 6.54 Å². The first-order chi connectivity index (χ1) is 9.19. The molecule has 1 unspecified atom stereocenters. The van der Waals surface area contributed by atoms with Gasteiger partial charge in [-0.25, -0.2) is 17.9 Å². The molecule has 0 amide bonds. The zero-order valence-electron chi connectivity index (χ0n) is 10.9. The molecule has 8 heteroatoms. The molecule has 1 aromatic rings. The lowest BCUT2D eigenvalue weighted by molar-refractivity contribution is 0.0693. The van der Waals surface area contributed by atoms with Gasteiger partial charge in [0.2, 0.25) is 10.0 Å². The first-order valence-electron chi connectivity index (χ1n) is 5.65. The minimum atomic E-state index is -3.94. The van der Waals surface area contributed by atoms with Gasteiger partial charge in [-0.2, -0.15) is 5.26 Å². The molecular formula is C12H14N2O5S. The molecule has 0 radical (unpaired) electrons. The first-order valence-corrected chi connectivity index (χ1v) is 7.13. The number of aromatic carboxylic acids is 1. The summed E-state index contributed by atoms with van der Waals surface area (Å²) in [5, 5.41) is 27.0. The Hall–Kier alpha value is -2.11. The summed E-state index contributed by atoms with van der Waals surface area (Å²) in [7, 11) is -3.94. The largest absolute Gasteiger partial charge is 0.507 e. The molecule has 7 nitrogen and oxygen atoms in total. The van der Waals surface area contributed by atoms with E-state index in [0.717, 1.165) is 12.1 Å². The summed E-state index contributed by atoms with van der Waals surface area (Å²) in [5.41, 5.74) is -0.283. The highest BCUT2D eigenvalue weighted by Gasteiger charge is 2.22. The van der Waals surface area contributed by atoms with Gasteiger partial charge in [0.05, 0.1) is 16.9 Å². The molecule has 1 atom stereocenters. The molecule has 0 heterocycles. The third-order valence-corrected chi connectivity index (χ3v) is 4.18. The van der Waals surface area contributed by atoms with Crippen molar-refractivity contribution in [3.8, 4) is 11.8 Å². The zero-order valence-corrected chi connectivity index (χ0v) is 11.7. The molecule has 1 rings (SSSR count). The van der Waals surface area contributed by atoms with E-state index < -0.39 is 33.2 Å². The van der Waals surface area contributed by atoms with Crippen molar-refractivity contribution in [2.24, 2.45) is 5.92 Å². The van der Waals surface area contributed by atoms with Crippen LogP contribution < -0.4 is 4.72 Å². The number of hydrogen-bond acceptors (Lipinski definition) is 5. The fourth-order valence-electron chi connectivity index (χ4n) is 1.49. The second-order valence-electron chi connectivity index (χ2n) is 4.32. The van der Waals surface area contributed by atoms with Crippen LogP contribution in [-0.4, -0.2) is 31.1 Å². The van der Waals surface area contributed by atoms with Gasteiger partial charge in [-0.15, -0.1) is 0 Å². The third kappa shape index (κ3) is 3.46. The number of phenols is 1. The number of carbonyl (C=O) groups is 1. The van der Waals surface area contributed by atoms with Crippen LogP contribution >= 0.6 is 0 Å². The van der Waals surface area contributed by atoms with Gasteiger partial charge >= 0.3 is 5.97 Å². The molecule has 0 aliphatic rings. The minimum Gasteiger partial charge on any atom is -0.507 e. The van der Waals surface area contributed by atoms with Crippen LogP contribution in [0.25, 0.3) is 0 Å². The van der Waals surface area contributed by atoms with Crippen molar-refractivity contribution in [1.82, 2.24) is 4.72 Å². The number of sulfonamides is 1. The highest BCUT2D eigenvalue weighted by Crippen LogP contribution is 2.25. The van der Waals surface area contributed by atoms with E-state index >= 15 is 0 Å². The average Bonchev–Trinajstić information content (AvgIpc) is 2.35. The van der Waals surface area contributed by atoms with Crippen molar-refractivity contribution in [3.05, 3.63) is 23.3 Å². The number of aromatic hydroxyl groups is 1. The van der Waals surface area contributed by atoms with Gasteiger partial charge in [0.15, 0.2) is 0 Å². The standard InChI is InChI=1S/C12H14N2O5S/c1-7(5-13)6-14-20(18,19)11-4-9(12(16)17)10(15)3-8(11)2/h3-4,7,14-15H,6H2,1-2H3,(H,16,17). The molecule has 3 N–H and O–H groups in total. The number of aryl methyl sites for hydroxylation is 1. The fraction of sp³-hybridized carbons (Fsp3) is 0.333. The molecule has 0 aromatic heterocycles. The molecule has 0 aliphatic heterocycles. The summed E-state index contributed by atoms with van der Waals surface area (Å²) >= 11 is 0. The molecular weight excluding hydrogens is 284 g/mol. The van der Waals surface area contributed by atoms with Crippen LogP contribution in [0.3, 0.4) is 0 Å². The molecule has 0 saturated carbocycles. The van der Waals surface area contributed by atoms with Crippen molar-refractivity contribution in [2.45, 2.75) is 18.7 Å². The van der Waals surface area contributed by atoms with Crippen molar-refractivity contribution >= 4 is 16.0 Å². The van der Waals surface area contributed by atoms with Crippen LogP contribution in [0.4, 0.5) is 0 Å². The smallest absolute Gasteiger partial charge is 0.339 e. The van der Waals surface area contributed by atoms with Crippen LogP contribution in [0.15, 0.2) is 17.0 Å². The van der Waals surface area contributed by atoms with Gasteiger partial charge in [-0.05, 0) is 31.5 Å². The summed E-state index contributed by atoms with van der Waals surface area (Å²) in [6.07, 6.45) is 0. The van der Waals surface area contributed by atoms with Crippen LogP contribution in [0.1, 0.15) is 22.8 Å². The number of carboxylic acids is 1. The highest BCUT2D eigenvalue weighted by molar-refractivity contribution is 7.89. The lowest BCUT2D eigenvalue weighted by atomic mass is 10.1. The Kier molecular flexibility index (Phi) is 4.70. The number of hydrogen-bond donors (Lipinski definition) is 3. The number of nitriles is 1. The van der Waals surface area contributed by atoms with Crippen molar-refractivity contribution in [3.63, 3.8) is 0 Å². The van der Waals surface area contributed by atoms with Crippen LogP contribution in [0, 0.1) is 24.2 Å². The first kappa shape index (κ1) is 15.9. The Labute approximate surface area is 116 Å². The maximum absolute atomic E-state index is 12.1. The number of carboxylic acid groups (broad SMARTS) is 1. The van der Waals surface area contributed by atoms with Crippen LogP contribution in [-0.2, 0) is 10.0 Å². The summed E-state index contributed by atoms with van der Waals surface area (Å²) in [4.78, 5) is 10.7. The lowest BCUT2D eigenvalue weighted by Gasteiger charge is -2.11. The minimum absolute atomic E-state index is 0.0818.